The van der Waals surface area contributed by atoms with Crippen molar-refractivity contribution < 1.29 is 9.59 Å². The Kier molecular flexibility index (Phi) is 4.90. The minimum Gasteiger partial charge on any atom is -0.324 e. The maximum atomic E-state index is 12.7. The van der Waals surface area contributed by atoms with Crippen LogP contribution in [0, 0.1) is 13.8 Å². The second-order valence-corrected chi connectivity index (χ2v) is 7.02. The molecule has 1 atom stereocenters. The van der Waals surface area contributed by atoms with Gasteiger partial charge in [-0.3, -0.25) is 9.59 Å². The first kappa shape index (κ1) is 16.6. The van der Waals surface area contributed by atoms with E-state index in [1.54, 1.807) is 28.8 Å². The quantitative estimate of drug-likeness (QED) is 0.931. The monoisotopic (exact) mass is 340 g/mol. The normalized spacial score (nSPS) is 16.9. The van der Waals surface area contributed by atoms with Crippen LogP contribution in [0.1, 0.15) is 21.5 Å². The van der Waals surface area contributed by atoms with Crippen molar-refractivity contribution in [1.82, 2.24) is 4.90 Å². The van der Waals surface area contributed by atoms with Crippen LogP contribution in [0.25, 0.3) is 0 Å². The highest BCUT2D eigenvalue weighted by Crippen LogP contribution is 2.24. The van der Waals surface area contributed by atoms with Gasteiger partial charge in [-0.05, 0) is 49.2 Å². The van der Waals surface area contributed by atoms with Gasteiger partial charge in [0.05, 0.1) is 5.88 Å². The lowest BCUT2D eigenvalue weighted by Crippen LogP contribution is -2.44. The first-order valence-corrected chi connectivity index (χ1v) is 9.03. The van der Waals surface area contributed by atoms with E-state index in [1.807, 2.05) is 44.2 Å². The van der Waals surface area contributed by atoms with Gasteiger partial charge in [-0.1, -0.05) is 24.3 Å². The Labute approximate surface area is 146 Å². The molecule has 1 N–H and O–H groups in total. The molecule has 1 heterocycles. The number of aryl methyl sites for hydroxylation is 2. The van der Waals surface area contributed by atoms with Crippen molar-refractivity contribution in [3.8, 4) is 0 Å². The summed E-state index contributed by atoms with van der Waals surface area (Å²) in [6.45, 7) is 4.00. The third-order valence-electron chi connectivity index (χ3n) is 3.96. The molecule has 0 saturated carbocycles. The van der Waals surface area contributed by atoms with Crippen molar-refractivity contribution in [2.24, 2.45) is 0 Å². The molecule has 1 aliphatic rings. The molecule has 1 unspecified atom stereocenters. The number of benzene rings is 2. The van der Waals surface area contributed by atoms with Crippen molar-refractivity contribution in [1.29, 1.82) is 0 Å². The van der Waals surface area contributed by atoms with Gasteiger partial charge in [0.2, 0.25) is 5.91 Å². The van der Waals surface area contributed by atoms with Gasteiger partial charge >= 0.3 is 0 Å². The highest BCUT2D eigenvalue weighted by Gasteiger charge is 2.35. The molecule has 124 valence electrons. The van der Waals surface area contributed by atoms with E-state index in [0.29, 0.717) is 17.2 Å². The number of carbonyl (C=O) groups is 2. The molecule has 5 heteroatoms. The van der Waals surface area contributed by atoms with E-state index in [-0.39, 0.29) is 11.8 Å². The summed E-state index contributed by atoms with van der Waals surface area (Å²) >= 11 is 1.60. The Balaban J connectivity index is 1.75. The molecule has 2 amide bonds. The number of anilines is 1. The van der Waals surface area contributed by atoms with Gasteiger partial charge in [0.15, 0.2) is 0 Å². The minimum atomic E-state index is -0.441. The van der Waals surface area contributed by atoms with Gasteiger partial charge < -0.3 is 10.2 Å². The first-order chi connectivity index (χ1) is 11.5. The molecule has 1 aliphatic heterocycles. The maximum Gasteiger partial charge on any atom is 0.255 e. The number of hydrogen-bond acceptors (Lipinski definition) is 3. The molecule has 1 saturated heterocycles. The lowest BCUT2D eigenvalue weighted by atomic mass is 10.1. The molecular weight excluding hydrogens is 320 g/mol. The maximum absolute atomic E-state index is 12.7. The summed E-state index contributed by atoms with van der Waals surface area (Å²) in [5, 5.41) is 2.96. The number of amides is 2. The lowest BCUT2D eigenvalue weighted by Gasteiger charge is -2.23. The number of hydrogen-bond donors (Lipinski definition) is 1. The van der Waals surface area contributed by atoms with Crippen LogP contribution in [-0.4, -0.2) is 34.4 Å². The molecule has 0 spiro atoms. The topological polar surface area (TPSA) is 49.4 Å². The Hall–Kier alpha value is -2.27. The summed E-state index contributed by atoms with van der Waals surface area (Å²) < 4.78 is 0. The summed E-state index contributed by atoms with van der Waals surface area (Å²) in [5.74, 6) is 0.934. The second-order valence-electron chi connectivity index (χ2n) is 6.02. The Bertz CT molecular complexity index is 741. The highest BCUT2D eigenvalue weighted by molar-refractivity contribution is 7.99. The van der Waals surface area contributed by atoms with E-state index in [1.165, 1.54) is 0 Å². The SMILES string of the molecule is Cc1cc(C)cc(NC(=O)C2CSCN2C(=O)c2ccccc2)c1. The molecule has 0 aromatic heterocycles. The number of nitrogens with one attached hydrogen (secondary N) is 1. The Morgan fingerprint density at radius 3 is 2.42 bits per heavy atom. The van der Waals surface area contributed by atoms with Gasteiger partial charge in [0.1, 0.15) is 6.04 Å². The van der Waals surface area contributed by atoms with E-state index in [9.17, 15) is 9.59 Å². The standard InChI is InChI=1S/C19H20N2O2S/c1-13-8-14(2)10-16(9-13)20-18(22)17-11-24-12-21(17)19(23)15-6-4-3-5-7-15/h3-10,17H,11-12H2,1-2H3,(H,20,22). The summed E-state index contributed by atoms with van der Waals surface area (Å²) in [7, 11) is 0. The van der Waals surface area contributed by atoms with Crippen molar-refractivity contribution in [2.45, 2.75) is 19.9 Å². The molecule has 2 aromatic carbocycles. The zero-order valence-corrected chi connectivity index (χ0v) is 14.6. The van der Waals surface area contributed by atoms with Crippen molar-refractivity contribution in [3.05, 3.63) is 65.2 Å². The van der Waals surface area contributed by atoms with Crippen LogP contribution in [0.3, 0.4) is 0 Å². The average Bonchev–Trinajstić information content (AvgIpc) is 3.03. The van der Waals surface area contributed by atoms with E-state index in [0.717, 1.165) is 16.8 Å². The summed E-state index contributed by atoms with van der Waals surface area (Å²) in [5.41, 5.74) is 3.59. The molecule has 24 heavy (non-hydrogen) atoms. The molecule has 3 rings (SSSR count). The smallest absolute Gasteiger partial charge is 0.255 e. The van der Waals surface area contributed by atoms with Gasteiger partial charge in [-0.25, -0.2) is 0 Å². The summed E-state index contributed by atoms with van der Waals surface area (Å²) in [6.07, 6.45) is 0. The zero-order valence-electron chi connectivity index (χ0n) is 13.8. The summed E-state index contributed by atoms with van der Waals surface area (Å²) in [6, 6.07) is 14.6. The third kappa shape index (κ3) is 3.62. The van der Waals surface area contributed by atoms with Crippen LogP contribution >= 0.6 is 11.8 Å². The highest BCUT2D eigenvalue weighted by atomic mass is 32.2. The van der Waals surface area contributed by atoms with Gasteiger partial charge in [0, 0.05) is 17.0 Å². The number of nitrogens with zero attached hydrogens (tertiary/aromatic N) is 1. The van der Waals surface area contributed by atoms with Crippen LogP contribution < -0.4 is 5.32 Å². The lowest BCUT2D eigenvalue weighted by molar-refractivity contribution is -0.119. The van der Waals surface area contributed by atoms with Crippen molar-refractivity contribution in [2.75, 3.05) is 16.9 Å². The zero-order chi connectivity index (χ0) is 17.1. The van der Waals surface area contributed by atoms with E-state index < -0.39 is 6.04 Å². The first-order valence-electron chi connectivity index (χ1n) is 7.87. The van der Waals surface area contributed by atoms with E-state index in [2.05, 4.69) is 11.4 Å². The fraction of sp³-hybridized carbons (Fsp3) is 0.263. The van der Waals surface area contributed by atoms with Crippen molar-refractivity contribution >= 4 is 29.3 Å². The van der Waals surface area contributed by atoms with Crippen LogP contribution in [0.4, 0.5) is 5.69 Å². The number of rotatable bonds is 3. The van der Waals surface area contributed by atoms with Crippen LogP contribution in [0.5, 0.6) is 0 Å². The van der Waals surface area contributed by atoms with Crippen LogP contribution in [0.2, 0.25) is 0 Å². The molecule has 1 fully saturated rings. The third-order valence-corrected chi connectivity index (χ3v) is 4.97. The largest absolute Gasteiger partial charge is 0.324 e. The average molecular weight is 340 g/mol. The Morgan fingerprint density at radius 1 is 1.08 bits per heavy atom. The summed E-state index contributed by atoms with van der Waals surface area (Å²) in [4.78, 5) is 27.0. The molecule has 0 radical (unpaired) electrons. The molecule has 2 aromatic rings. The molecule has 4 nitrogen and oxygen atoms in total. The van der Waals surface area contributed by atoms with Gasteiger partial charge in [-0.2, -0.15) is 0 Å². The van der Waals surface area contributed by atoms with Crippen LogP contribution in [0.15, 0.2) is 48.5 Å². The van der Waals surface area contributed by atoms with Gasteiger partial charge in [0.25, 0.3) is 5.91 Å². The fourth-order valence-corrected chi connectivity index (χ4v) is 4.03. The predicted octanol–water partition coefficient (Wildman–Crippen LogP) is 3.46. The predicted molar refractivity (Wildman–Crippen MR) is 98.3 cm³/mol. The fourth-order valence-electron chi connectivity index (χ4n) is 2.88. The van der Waals surface area contributed by atoms with Crippen molar-refractivity contribution in [3.63, 3.8) is 0 Å². The number of carbonyl (C=O) groups excluding carboxylic acids is 2. The van der Waals surface area contributed by atoms with E-state index >= 15 is 0 Å². The molecule has 0 bridgehead atoms. The van der Waals surface area contributed by atoms with Gasteiger partial charge in [-0.15, -0.1) is 11.8 Å². The molecule has 0 aliphatic carbocycles. The number of thioether (sulfide) groups is 1. The van der Waals surface area contributed by atoms with E-state index in [4.69, 9.17) is 0 Å². The Morgan fingerprint density at radius 2 is 1.75 bits per heavy atom. The van der Waals surface area contributed by atoms with Crippen LogP contribution in [-0.2, 0) is 4.79 Å². The minimum absolute atomic E-state index is 0.0961. The second kappa shape index (κ2) is 7.09. The molecular formula is C19H20N2O2S.